The monoisotopic (exact) mass is 1230 g/mol. The van der Waals surface area contributed by atoms with Crippen LogP contribution in [-0.2, 0) is 27.8 Å². The summed E-state index contributed by atoms with van der Waals surface area (Å²) in [5, 5.41) is 63.8. The second kappa shape index (κ2) is 24.9. The standard InChI is InChI=1S/C74H93N5O11/c1-5-6-7-13-31-76-32-33-87-57-38-59(90-73-30-12-9-17-48(73)21-18-43(2)78-73)66-65-51(57)24-25-52-63(65)56(77-70(66)84)37-58-64(52)68(82)53(42-89-58)46-34-60(86-4)69(83)61(35-46)88-41-50(40-80)74-49-22-19-44-15-14-16-45(67(44)74)20-26-55(74)54(27-23-49)72(28-10-8-11-29-72)79-62(81)36-47(39-75-3)71(79)85/h14-16,19-20,22,26,34-38,43,48-50,53-55,68,70,75-78,80,82-84H,5-13,17-18,21,23-25,27-33,39-42H2,1-4H3. The lowest BCUT2D eigenvalue weighted by molar-refractivity contribution is -0.154. The Balaban J connectivity index is 0.799. The maximum absolute atomic E-state index is 14.5. The summed E-state index contributed by atoms with van der Waals surface area (Å²) in [4.78, 5) is 30.5. The Bertz CT molecular complexity index is 3520. The highest BCUT2D eigenvalue weighted by atomic mass is 16.5. The number of nitrogens with one attached hydrogen (secondary N) is 4. The molecule has 90 heavy (non-hydrogen) atoms. The number of imide groups is 1. The van der Waals surface area contributed by atoms with Crippen LogP contribution in [0.25, 0.3) is 23.3 Å². The number of hydrogen-bond acceptors (Lipinski definition) is 15. The molecule has 16 nitrogen and oxygen atoms in total. The number of likely N-dealkylation sites (N-methyl/N-ethyl adjacent to an activating group) is 1. The van der Waals surface area contributed by atoms with Gasteiger partial charge in [0.25, 0.3) is 11.8 Å². The number of methoxy groups -OCH3 is 1. The molecule has 11 atom stereocenters. The minimum atomic E-state index is -1.09. The van der Waals surface area contributed by atoms with Crippen LogP contribution in [0.15, 0.2) is 66.3 Å². The summed E-state index contributed by atoms with van der Waals surface area (Å²) in [5.41, 5.74) is 8.23. The van der Waals surface area contributed by atoms with Gasteiger partial charge in [-0.1, -0.05) is 94.4 Å². The quantitative estimate of drug-likeness (QED) is 0.0272. The molecule has 4 aromatic rings. The fourth-order valence-electron chi connectivity index (χ4n) is 19.1. The average Bonchev–Trinajstić information content (AvgIpc) is 0.783. The van der Waals surface area contributed by atoms with E-state index < -0.39 is 40.8 Å². The zero-order valence-electron chi connectivity index (χ0n) is 53.1. The van der Waals surface area contributed by atoms with E-state index in [1.165, 1.54) is 32.4 Å². The number of hydrogen-bond donors (Lipinski definition) is 8. The summed E-state index contributed by atoms with van der Waals surface area (Å²) in [6, 6.07) is 14.1. The first-order valence-electron chi connectivity index (χ1n) is 34.2. The van der Waals surface area contributed by atoms with Crippen molar-refractivity contribution in [3.63, 3.8) is 0 Å². The first-order chi connectivity index (χ1) is 43.9. The van der Waals surface area contributed by atoms with Gasteiger partial charge < -0.3 is 60.1 Å². The molecule has 3 saturated carbocycles. The van der Waals surface area contributed by atoms with Gasteiger partial charge in [-0.25, -0.2) is 0 Å². The van der Waals surface area contributed by atoms with E-state index in [0.717, 1.165) is 134 Å². The fraction of sp³-hybridized carbons (Fsp3) is 0.568. The van der Waals surface area contributed by atoms with Crippen LogP contribution in [0.5, 0.6) is 34.5 Å². The lowest BCUT2D eigenvalue weighted by Gasteiger charge is -2.63. The number of unbranched alkanes of at least 4 members (excludes halogenated alkanes) is 3. The molecule has 480 valence electrons. The first kappa shape index (κ1) is 61.1. The molecular formula is C74H93N5O11. The van der Waals surface area contributed by atoms with E-state index in [2.05, 4.69) is 77.6 Å². The number of rotatable bonds is 22. The van der Waals surface area contributed by atoms with E-state index in [1.54, 1.807) is 24.1 Å². The number of fused-ring (bicyclic) bond motifs is 3. The Kier molecular flexibility index (Phi) is 16.9. The normalized spacial score (nSPS) is 29.2. The van der Waals surface area contributed by atoms with Crippen molar-refractivity contribution in [3.05, 3.63) is 111 Å². The molecule has 10 aliphatic rings. The molecule has 0 aromatic heterocycles. The Morgan fingerprint density at radius 3 is 2.43 bits per heavy atom. The zero-order chi connectivity index (χ0) is 62.1. The molecule has 4 heterocycles. The van der Waals surface area contributed by atoms with Crippen molar-refractivity contribution >= 4 is 29.7 Å². The number of nitrogens with zero attached hydrogens (tertiary/aromatic N) is 1. The number of aliphatic hydroxyl groups excluding tert-OH is 3. The average molecular weight is 1230 g/mol. The number of carbonyl (C=O) groups excluding carboxylic acids is 2. The minimum absolute atomic E-state index is 0.00817. The van der Waals surface area contributed by atoms with Crippen molar-refractivity contribution in [2.45, 2.75) is 177 Å². The van der Waals surface area contributed by atoms with Gasteiger partial charge in [0.05, 0.1) is 44.1 Å². The highest BCUT2D eigenvalue weighted by molar-refractivity contribution is 6.17. The summed E-state index contributed by atoms with van der Waals surface area (Å²) in [6.07, 6.45) is 26.5. The molecular weight excluding hydrogens is 1130 g/mol. The molecule has 6 aliphatic carbocycles. The van der Waals surface area contributed by atoms with Crippen LogP contribution in [0.4, 0.5) is 5.69 Å². The lowest BCUT2D eigenvalue weighted by atomic mass is 9.43. The number of phenolic OH excluding ortho intramolecular Hbond substituents is 1. The zero-order valence-corrected chi connectivity index (χ0v) is 53.1. The van der Waals surface area contributed by atoms with Crippen LogP contribution in [0.2, 0.25) is 0 Å². The second-order valence-corrected chi connectivity index (χ2v) is 27.8. The van der Waals surface area contributed by atoms with E-state index in [0.29, 0.717) is 85.1 Å². The molecule has 4 fully saturated rings. The maximum atomic E-state index is 14.5. The summed E-state index contributed by atoms with van der Waals surface area (Å²) < 4.78 is 33.9. The van der Waals surface area contributed by atoms with Crippen LogP contribution < -0.4 is 45.0 Å². The molecule has 14 rings (SSSR count). The van der Waals surface area contributed by atoms with Crippen LogP contribution >= 0.6 is 0 Å². The number of carbonyl (C=O) groups is 2. The van der Waals surface area contributed by atoms with Crippen LogP contribution in [0.1, 0.15) is 186 Å². The van der Waals surface area contributed by atoms with Crippen molar-refractivity contribution in [3.8, 4) is 45.6 Å². The van der Waals surface area contributed by atoms with Crippen molar-refractivity contribution in [2.75, 3.05) is 65.5 Å². The van der Waals surface area contributed by atoms with E-state index in [1.807, 2.05) is 12.1 Å². The van der Waals surface area contributed by atoms with Crippen LogP contribution in [0, 0.1) is 29.6 Å². The van der Waals surface area contributed by atoms with E-state index in [-0.39, 0.29) is 72.7 Å². The molecule has 4 aliphatic heterocycles. The summed E-state index contributed by atoms with van der Waals surface area (Å²) in [7, 11) is 3.30. The summed E-state index contributed by atoms with van der Waals surface area (Å²) in [5.74, 6) is 0.459. The van der Waals surface area contributed by atoms with Gasteiger partial charge in [-0.15, -0.1) is 0 Å². The number of aliphatic hydroxyl groups is 3. The largest absolute Gasteiger partial charge is 0.502 e. The first-order valence-corrected chi connectivity index (χ1v) is 34.2. The van der Waals surface area contributed by atoms with Gasteiger partial charge in [0.1, 0.15) is 23.9 Å². The Labute approximate surface area is 530 Å². The van der Waals surface area contributed by atoms with Crippen LogP contribution in [0.3, 0.4) is 0 Å². The molecule has 2 amide bonds. The number of amides is 2. The topological polar surface area (TPSA) is 213 Å². The third kappa shape index (κ3) is 10.1. The maximum Gasteiger partial charge on any atom is 0.258 e. The molecule has 8 N–H and O–H groups in total. The highest BCUT2D eigenvalue weighted by Gasteiger charge is 2.64. The molecule has 16 heteroatoms. The second-order valence-electron chi connectivity index (χ2n) is 27.8. The highest BCUT2D eigenvalue weighted by Crippen LogP contribution is 2.65. The Morgan fingerprint density at radius 1 is 0.833 bits per heavy atom. The van der Waals surface area contributed by atoms with Crippen molar-refractivity contribution in [2.24, 2.45) is 29.6 Å². The number of aromatic hydroxyl groups is 1. The number of ether oxygens (including phenoxy) is 5. The third-order valence-corrected chi connectivity index (χ3v) is 23.1. The smallest absolute Gasteiger partial charge is 0.258 e. The molecule has 0 spiro atoms. The molecule has 0 bridgehead atoms. The summed E-state index contributed by atoms with van der Waals surface area (Å²) >= 11 is 0. The number of benzene rings is 4. The number of allylic oxidation sites excluding steroid dienone is 2. The lowest BCUT2D eigenvalue weighted by Crippen LogP contribution is -2.66. The molecule has 1 saturated heterocycles. The third-order valence-electron chi connectivity index (χ3n) is 23.1. The van der Waals surface area contributed by atoms with Gasteiger partial charge in [0, 0.05) is 100 Å². The van der Waals surface area contributed by atoms with Crippen LogP contribution in [-0.4, -0.2) is 115 Å². The van der Waals surface area contributed by atoms with Crippen molar-refractivity contribution in [1.29, 1.82) is 0 Å². The number of anilines is 1. The van der Waals surface area contributed by atoms with Gasteiger partial charge in [0.2, 0.25) is 5.75 Å². The number of piperidine rings is 1. The predicted octanol–water partition coefficient (Wildman–Crippen LogP) is 11.2. The van der Waals surface area contributed by atoms with Gasteiger partial charge in [-0.05, 0) is 149 Å². The molecule has 11 unspecified atom stereocenters. The van der Waals surface area contributed by atoms with Crippen molar-refractivity contribution in [1.82, 2.24) is 20.9 Å². The SMILES string of the molecule is CCCCCCNCCOc1cc(OC23CCCCC2CCC(C)N3)c2c3c1CCc1c-3c(cc3c1C(O)C(c1cc(OC)c(O)c(OCC(CO)C45c6c7cccc6C=CC4C(C4(N6C(=O)C=C(CNC)C6=O)CCCCC4)CCC5C=C7)c1)CO3)NC2O. The summed E-state index contributed by atoms with van der Waals surface area (Å²) in [6.45, 7) is 6.76. The molecule has 4 aromatic carbocycles. The minimum Gasteiger partial charge on any atom is -0.502 e. The predicted molar refractivity (Wildman–Crippen MR) is 347 cm³/mol. The van der Waals surface area contributed by atoms with E-state index in [4.69, 9.17) is 23.7 Å². The van der Waals surface area contributed by atoms with E-state index in [9.17, 15) is 30.0 Å². The fourth-order valence-corrected chi connectivity index (χ4v) is 19.1. The Morgan fingerprint density at radius 2 is 1.63 bits per heavy atom. The van der Waals surface area contributed by atoms with Gasteiger partial charge in [-0.2, -0.15) is 0 Å². The van der Waals surface area contributed by atoms with Gasteiger partial charge in [-0.3, -0.25) is 19.8 Å². The molecule has 0 radical (unpaired) electrons. The number of phenols is 1. The Hall–Kier alpha value is -6.40. The van der Waals surface area contributed by atoms with Gasteiger partial charge in [0.15, 0.2) is 23.5 Å². The van der Waals surface area contributed by atoms with Crippen molar-refractivity contribution < 1.29 is 53.7 Å². The van der Waals surface area contributed by atoms with E-state index >= 15 is 0 Å². The van der Waals surface area contributed by atoms with Gasteiger partial charge >= 0.3 is 0 Å².